The molecule has 8 nitrogen and oxygen atoms in total. The van der Waals surface area contributed by atoms with Crippen LogP contribution in [0.15, 0.2) is 43.5 Å². The summed E-state index contributed by atoms with van der Waals surface area (Å²) in [5, 5.41) is 2.87. The first-order valence-electron chi connectivity index (χ1n) is 5.31. The molecule has 2 rings (SSSR count). The predicted molar refractivity (Wildman–Crippen MR) is 65.2 cm³/mol. The monoisotopic (exact) mass is 297 g/mol. The minimum Gasteiger partial charge on any atom is -0.742 e. The molecule has 0 unspecified atom stereocenters. The summed E-state index contributed by atoms with van der Waals surface area (Å²) in [5.41, 5.74) is 2.53. The van der Waals surface area contributed by atoms with Gasteiger partial charge in [0.25, 0.3) is 5.91 Å². The number of hydrogen-bond donors (Lipinski definition) is 1. The summed E-state index contributed by atoms with van der Waals surface area (Å²) in [6, 6.07) is 3.73. The number of carbonyl (C=O) groups excluding carboxylic acids is 1. The van der Waals surface area contributed by atoms with Crippen molar-refractivity contribution in [1.82, 2.24) is 5.43 Å². The molecule has 0 aliphatic rings. The van der Waals surface area contributed by atoms with Gasteiger partial charge in [0.1, 0.15) is 11.5 Å². The van der Waals surface area contributed by atoms with Crippen molar-refractivity contribution in [2.24, 2.45) is 5.10 Å². The van der Waals surface area contributed by atoms with Crippen LogP contribution in [0.2, 0.25) is 0 Å². The maximum absolute atomic E-state index is 11.6. The lowest BCUT2D eigenvalue weighted by molar-refractivity contribution is 0.0953. The summed E-state index contributed by atoms with van der Waals surface area (Å²) in [5.74, 6) is -0.0326. The second-order valence-electron chi connectivity index (χ2n) is 3.70. The summed E-state index contributed by atoms with van der Waals surface area (Å²) in [4.78, 5) is 11.6. The molecular formula is C11H9N2O6S-. The van der Waals surface area contributed by atoms with E-state index in [1.807, 2.05) is 0 Å². The molecule has 9 heteroatoms. The number of hydrogen-bond acceptors (Lipinski definition) is 7. The number of amides is 1. The van der Waals surface area contributed by atoms with E-state index in [-0.39, 0.29) is 5.76 Å². The first kappa shape index (κ1) is 14.0. The van der Waals surface area contributed by atoms with Gasteiger partial charge in [-0.15, -0.1) is 0 Å². The highest BCUT2D eigenvalue weighted by Gasteiger charge is 2.10. The van der Waals surface area contributed by atoms with Gasteiger partial charge in [-0.25, -0.2) is 13.8 Å². The lowest BCUT2D eigenvalue weighted by atomic mass is 10.2. The van der Waals surface area contributed by atoms with Crippen molar-refractivity contribution >= 4 is 22.2 Å². The zero-order valence-corrected chi connectivity index (χ0v) is 11.0. The Hall–Kier alpha value is -2.39. The van der Waals surface area contributed by atoms with E-state index in [4.69, 9.17) is 8.83 Å². The lowest BCUT2D eigenvalue weighted by Crippen LogP contribution is -2.17. The van der Waals surface area contributed by atoms with Gasteiger partial charge in [0.2, 0.25) is 5.09 Å². The summed E-state index contributed by atoms with van der Waals surface area (Å²) >= 11 is 0. The van der Waals surface area contributed by atoms with E-state index in [0.717, 1.165) is 12.3 Å². The summed E-state index contributed by atoms with van der Waals surface area (Å²) in [6.07, 6.45) is 2.44. The van der Waals surface area contributed by atoms with Crippen molar-refractivity contribution in [1.29, 1.82) is 0 Å². The quantitative estimate of drug-likeness (QED) is 0.506. The number of aryl methyl sites for hydroxylation is 1. The van der Waals surface area contributed by atoms with Gasteiger partial charge in [0, 0.05) is 0 Å². The molecular weight excluding hydrogens is 288 g/mol. The average Bonchev–Trinajstić information content (AvgIpc) is 2.97. The molecule has 0 aliphatic heterocycles. The predicted octanol–water partition coefficient (Wildman–Crippen LogP) is 0.849. The highest BCUT2D eigenvalue weighted by Crippen LogP contribution is 2.11. The molecule has 2 aromatic rings. The minimum atomic E-state index is -4.64. The fourth-order valence-corrected chi connectivity index (χ4v) is 1.81. The van der Waals surface area contributed by atoms with Crippen LogP contribution >= 0.6 is 0 Å². The van der Waals surface area contributed by atoms with Gasteiger partial charge in [0.15, 0.2) is 10.1 Å². The van der Waals surface area contributed by atoms with E-state index >= 15 is 0 Å². The third-order valence-electron chi connectivity index (χ3n) is 2.31. The Kier molecular flexibility index (Phi) is 3.72. The molecule has 0 saturated carbocycles. The molecule has 0 saturated heterocycles. The van der Waals surface area contributed by atoms with Crippen LogP contribution in [-0.2, 0) is 10.1 Å². The van der Waals surface area contributed by atoms with Gasteiger partial charge >= 0.3 is 0 Å². The molecule has 1 N–H and O–H groups in total. The number of nitrogens with zero attached hydrogens (tertiary/aromatic N) is 1. The number of nitrogens with one attached hydrogen (secondary N) is 1. The van der Waals surface area contributed by atoms with Crippen molar-refractivity contribution in [3.63, 3.8) is 0 Å². The molecule has 0 spiro atoms. The zero-order chi connectivity index (χ0) is 14.8. The summed E-state index contributed by atoms with van der Waals surface area (Å²) in [6.45, 7) is 1.62. The second kappa shape index (κ2) is 5.31. The van der Waals surface area contributed by atoms with E-state index in [2.05, 4.69) is 10.5 Å². The number of furan rings is 2. The first-order chi connectivity index (χ1) is 9.38. The van der Waals surface area contributed by atoms with Gasteiger partial charge in [-0.05, 0) is 25.1 Å². The van der Waals surface area contributed by atoms with Gasteiger partial charge in [-0.1, -0.05) is 0 Å². The SMILES string of the molecule is Cc1occc1C(=O)N/N=C/c1ccc(S(=O)(=O)[O-])o1. The van der Waals surface area contributed by atoms with E-state index < -0.39 is 21.1 Å². The number of carbonyl (C=O) groups is 1. The zero-order valence-electron chi connectivity index (χ0n) is 10.2. The highest BCUT2D eigenvalue weighted by molar-refractivity contribution is 7.85. The molecule has 1 amide bonds. The minimum absolute atomic E-state index is 0.0173. The molecule has 2 heterocycles. The lowest BCUT2D eigenvalue weighted by Gasteiger charge is -2.00. The van der Waals surface area contributed by atoms with Crippen molar-refractivity contribution < 1.29 is 26.6 Å². The topological polar surface area (TPSA) is 125 Å². The van der Waals surface area contributed by atoms with Crippen LogP contribution in [0.3, 0.4) is 0 Å². The van der Waals surface area contributed by atoms with E-state index in [1.54, 1.807) is 6.92 Å². The average molecular weight is 297 g/mol. The van der Waals surface area contributed by atoms with Crippen LogP contribution in [0, 0.1) is 6.92 Å². The highest BCUT2D eigenvalue weighted by atomic mass is 32.2. The molecule has 2 aromatic heterocycles. The van der Waals surface area contributed by atoms with Crippen molar-refractivity contribution in [3.05, 3.63) is 41.5 Å². The van der Waals surface area contributed by atoms with Crippen molar-refractivity contribution in [3.8, 4) is 0 Å². The first-order valence-corrected chi connectivity index (χ1v) is 6.72. The Labute approximate surface area is 113 Å². The Bertz CT molecular complexity index is 755. The van der Waals surface area contributed by atoms with Crippen LogP contribution in [0.1, 0.15) is 21.9 Å². The van der Waals surface area contributed by atoms with Gasteiger partial charge in [-0.2, -0.15) is 5.10 Å². The Morgan fingerprint density at radius 3 is 2.70 bits per heavy atom. The molecule has 0 bridgehead atoms. The van der Waals surface area contributed by atoms with Crippen LogP contribution in [0.25, 0.3) is 0 Å². The Morgan fingerprint density at radius 1 is 1.40 bits per heavy atom. The number of rotatable bonds is 4. The summed E-state index contributed by atoms with van der Waals surface area (Å²) in [7, 11) is -4.64. The fourth-order valence-electron chi connectivity index (χ4n) is 1.37. The van der Waals surface area contributed by atoms with Crippen LogP contribution in [-0.4, -0.2) is 25.1 Å². The number of hydrazone groups is 1. The molecule has 0 aliphatic carbocycles. The Balaban J connectivity index is 2.02. The third kappa shape index (κ3) is 3.13. The van der Waals surface area contributed by atoms with Crippen molar-refractivity contribution in [2.45, 2.75) is 12.0 Å². The third-order valence-corrected chi connectivity index (χ3v) is 3.02. The molecule has 0 radical (unpaired) electrons. The van der Waals surface area contributed by atoms with Crippen LogP contribution in [0.5, 0.6) is 0 Å². The molecule has 106 valence electrons. The molecule has 0 atom stereocenters. The maximum atomic E-state index is 11.6. The smallest absolute Gasteiger partial charge is 0.274 e. The molecule has 0 fully saturated rings. The van der Waals surface area contributed by atoms with E-state index in [0.29, 0.717) is 11.3 Å². The van der Waals surface area contributed by atoms with Crippen LogP contribution < -0.4 is 5.43 Å². The van der Waals surface area contributed by atoms with E-state index in [9.17, 15) is 17.8 Å². The van der Waals surface area contributed by atoms with Gasteiger partial charge in [0.05, 0.1) is 18.0 Å². The maximum Gasteiger partial charge on any atom is 0.274 e. The Morgan fingerprint density at radius 2 is 2.15 bits per heavy atom. The van der Waals surface area contributed by atoms with E-state index in [1.165, 1.54) is 18.4 Å². The second-order valence-corrected chi connectivity index (χ2v) is 5.01. The van der Waals surface area contributed by atoms with Crippen molar-refractivity contribution in [2.75, 3.05) is 0 Å². The van der Waals surface area contributed by atoms with Crippen LogP contribution in [0.4, 0.5) is 0 Å². The fraction of sp³-hybridized carbons (Fsp3) is 0.0909. The summed E-state index contributed by atoms with van der Waals surface area (Å²) < 4.78 is 41.6. The normalized spacial score (nSPS) is 11.9. The van der Waals surface area contributed by atoms with Gasteiger partial charge in [-0.3, -0.25) is 4.79 Å². The molecule has 0 aromatic carbocycles. The largest absolute Gasteiger partial charge is 0.742 e. The van der Waals surface area contributed by atoms with Gasteiger partial charge < -0.3 is 13.4 Å². The standard InChI is InChI=1S/C11H10N2O6S/c1-7-9(4-5-18-7)11(14)13-12-6-8-2-3-10(19-8)20(15,16)17/h2-6H,1H3,(H,13,14)(H,15,16,17)/p-1/b12-6+. The molecule has 20 heavy (non-hydrogen) atoms.